The summed E-state index contributed by atoms with van der Waals surface area (Å²) in [5, 5.41) is 3.37. The van der Waals surface area contributed by atoms with E-state index in [9.17, 15) is 17.6 Å². The minimum absolute atomic E-state index is 0.0597. The maximum Gasteiger partial charge on any atom is 0.261 e. The lowest BCUT2D eigenvalue weighted by Gasteiger charge is -2.30. The summed E-state index contributed by atoms with van der Waals surface area (Å²) >= 11 is 1.25. The number of sulfonamides is 1. The predicted octanol–water partition coefficient (Wildman–Crippen LogP) is 2.19. The van der Waals surface area contributed by atoms with Crippen molar-refractivity contribution in [3.05, 3.63) is 35.0 Å². The summed E-state index contributed by atoms with van der Waals surface area (Å²) in [4.78, 5) is 12.8. The first kappa shape index (κ1) is 16.4. The van der Waals surface area contributed by atoms with Gasteiger partial charge in [0.05, 0.1) is 11.1 Å². The average Bonchev–Trinajstić information content (AvgIpc) is 2.92. The van der Waals surface area contributed by atoms with Crippen LogP contribution in [-0.4, -0.2) is 44.0 Å². The molecule has 0 aliphatic carbocycles. The van der Waals surface area contributed by atoms with Crippen molar-refractivity contribution in [2.24, 2.45) is 0 Å². The van der Waals surface area contributed by atoms with Gasteiger partial charge in [-0.3, -0.25) is 4.79 Å². The number of amides is 1. The third kappa shape index (κ3) is 3.54. The van der Waals surface area contributed by atoms with Crippen LogP contribution in [0.15, 0.2) is 24.3 Å². The molecule has 1 fully saturated rings. The summed E-state index contributed by atoms with van der Waals surface area (Å²) < 4.78 is 38.8. The molecule has 2 heterocycles. The molecule has 0 unspecified atom stereocenters. The maximum atomic E-state index is 13.7. The number of benzene rings is 1. The molecule has 0 spiro atoms. The Kier molecular flexibility index (Phi) is 4.39. The number of thiophene rings is 1. The molecule has 1 N–H and O–H groups in total. The fourth-order valence-corrected chi connectivity index (χ4v) is 4.58. The fraction of sp³-hybridized carbons (Fsp3) is 0.400. The van der Waals surface area contributed by atoms with Crippen molar-refractivity contribution >= 4 is 37.4 Å². The van der Waals surface area contributed by atoms with E-state index in [1.165, 1.54) is 28.0 Å². The number of nitrogens with one attached hydrogen (secondary N) is 1. The second-order valence-corrected chi connectivity index (χ2v) is 8.74. The largest absolute Gasteiger partial charge is 0.349 e. The number of hydrogen-bond acceptors (Lipinski definition) is 4. The Labute approximate surface area is 138 Å². The van der Waals surface area contributed by atoms with Gasteiger partial charge in [0.15, 0.2) is 0 Å². The standard InChI is InChI=1S/C15H17FN2O3S2/c1-23(20,21)18-7-5-10(6-8-18)17-15(19)14-9-11-12(16)3-2-4-13(11)22-14/h2-4,9-10H,5-8H2,1H3,(H,17,19). The van der Waals surface area contributed by atoms with E-state index in [1.54, 1.807) is 18.2 Å². The molecule has 3 rings (SSSR count). The van der Waals surface area contributed by atoms with Gasteiger partial charge in [-0.05, 0) is 31.0 Å². The highest BCUT2D eigenvalue weighted by molar-refractivity contribution is 7.88. The van der Waals surface area contributed by atoms with Gasteiger partial charge in [0, 0.05) is 29.2 Å². The van der Waals surface area contributed by atoms with Crippen LogP contribution in [-0.2, 0) is 10.0 Å². The van der Waals surface area contributed by atoms with E-state index < -0.39 is 10.0 Å². The second kappa shape index (κ2) is 6.18. The summed E-state index contributed by atoms with van der Waals surface area (Å²) in [6.07, 6.45) is 2.35. The second-order valence-electron chi connectivity index (χ2n) is 5.67. The van der Waals surface area contributed by atoms with E-state index in [0.29, 0.717) is 36.2 Å². The zero-order valence-electron chi connectivity index (χ0n) is 12.6. The van der Waals surface area contributed by atoms with E-state index >= 15 is 0 Å². The van der Waals surface area contributed by atoms with Crippen LogP contribution in [0.25, 0.3) is 10.1 Å². The van der Waals surface area contributed by atoms with E-state index in [2.05, 4.69) is 5.32 Å². The number of nitrogens with zero attached hydrogens (tertiary/aromatic N) is 1. The molecule has 2 aromatic rings. The van der Waals surface area contributed by atoms with E-state index in [1.807, 2.05) is 0 Å². The molecule has 0 saturated carbocycles. The van der Waals surface area contributed by atoms with E-state index in [0.717, 1.165) is 4.70 Å². The number of piperidine rings is 1. The van der Waals surface area contributed by atoms with Crippen LogP contribution < -0.4 is 5.32 Å². The lowest BCUT2D eigenvalue weighted by molar-refractivity contribution is 0.0928. The Balaban J connectivity index is 1.66. The molecule has 0 radical (unpaired) electrons. The highest BCUT2D eigenvalue weighted by atomic mass is 32.2. The normalized spacial score (nSPS) is 17.5. The summed E-state index contributed by atoms with van der Waals surface area (Å²) in [6.45, 7) is 0.815. The van der Waals surface area contributed by atoms with Gasteiger partial charge in [-0.1, -0.05) is 6.07 Å². The summed E-state index contributed by atoms with van der Waals surface area (Å²) in [5.41, 5.74) is 0. The molecule has 5 nitrogen and oxygen atoms in total. The molecule has 8 heteroatoms. The van der Waals surface area contributed by atoms with Crippen molar-refractivity contribution in [3.8, 4) is 0 Å². The maximum absolute atomic E-state index is 13.7. The first-order valence-corrected chi connectivity index (χ1v) is 9.95. The lowest BCUT2D eigenvalue weighted by atomic mass is 10.1. The molecule has 124 valence electrons. The molecule has 23 heavy (non-hydrogen) atoms. The molecule has 1 aliphatic heterocycles. The molecule has 1 aromatic carbocycles. The topological polar surface area (TPSA) is 66.5 Å². The minimum Gasteiger partial charge on any atom is -0.349 e. The number of rotatable bonds is 3. The number of halogens is 1. The predicted molar refractivity (Wildman–Crippen MR) is 88.7 cm³/mol. The zero-order chi connectivity index (χ0) is 16.6. The van der Waals surface area contributed by atoms with Crippen molar-refractivity contribution in [3.63, 3.8) is 0 Å². The average molecular weight is 356 g/mol. The van der Waals surface area contributed by atoms with E-state index in [-0.39, 0.29) is 17.8 Å². The monoisotopic (exact) mass is 356 g/mol. The van der Waals surface area contributed by atoms with Crippen LogP contribution in [0.2, 0.25) is 0 Å². The van der Waals surface area contributed by atoms with Gasteiger partial charge in [-0.25, -0.2) is 17.1 Å². The van der Waals surface area contributed by atoms with Gasteiger partial charge in [0.1, 0.15) is 5.82 Å². The Morgan fingerprint density at radius 3 is 2.65 bits per heavy atom. The molecular formula is C15H17FN2O3S2. The van der Waals surface area contributed by atoms with Crippen molar-refractivity contribution in [2.75, 3.05) is 19.3 Å². The number of carbonyl (C=O) groups excluding carboxylic acids is 1. The Bertz CT molecular complexity index is 840. The van der Waals surface area contributed by atoms with Crippen molar-refractivity contribution < 1.29 is 17.6 Å². The van der Waals surface area contributed by atoms with Crippen LogP contribution in [0.5, 0.6) is 0 Å². The third-order valence-corrected chi connectivity index (χ3v) is 6.39. The van der Waals surface area contributed by atoms with Crippen molar-refractivity contribution in [1.29, 1.82) is 0 Å². The SMILES string of the molecule is CS(=O)(=O)N1CCC(NC(=O)c2cc3c(F)cccc3s2)CC1. The highest BCUT2D eigenvalue weighted by Gasteiger charge is 2.26. The van der Waals surface area contributed by atoms with Gasteiger partial charge < -0.3 is 5.32 Å². The van der Waals surface area contributed by atoms with E-state index in [4.69, 9.17) is 0 Å². The number of fused-ring (bicyclic) bond motifs is 1. The van der Waals surface area contributed by atoms with Crippen LogP contribution in [0.4, 0.5) is 4.39 Å². The molecular weight excluding hydrogens is 339 g/mol. The Hall–Kier alpha value is -1.51. The van der Waals surface area contributed by atoms with Gasteiger partial charge >= 0.3 is 0 Å². The van der Waals surface area contributed by atoms with Crippen molar-refractivity contribution in [1.82, 2.24) is 9.62 Å². The molecule has 1 amide bonds. The minimum atomic E-state index is -3.17. The summed E-state index contributed by atoms with van der Waals surface area (Å²) in [7, 11) is -3.17. The molecule has 0 bridgehead atoms. The first-order chi connectivity index (χ1) is 10.8. The van der Waals surface area contributed by atoms with Crippen LogP contribution in [0.3, 0.4) is 0 Å². The summed E-state index contributed by atoms with van der Waals surface area (Å²) in [5.74, 6) is -0.567. The van der Waals surface area contributed by atoms with Gasteiger partial charge in [-0.15, -0.1) is 11.3 Å². The molecule has 1 aliphatic rings. The number of hydrogen-bond donors (Lipinski definition) is 1. The van der Waals surface area contributed by atoms with Crippen molar-refractivity contribution in [2.45, 2.75) is 18.9 Å². The Morgan fingerprint density at radius 1 is 1.35 bits per heavy atom. The molecule has 1 aromatic heterocycles. The van der Waals surface area contributed by atoms with Gasteiger partial charge in [-0.2, -0.15) is 0 Å². The molecule has 1 saturated heterocycles. The van der Waals surface area contributed by atoms with Crippen LogP contribution in [0.1, 0.15) is 22.5 Å². The first-order valence-electron chi connectivity index (χ1n) is 7.28. The van der Waals surface area contributed by atoms with Crippen LogP contribution in [0, 0.1) is 5.82 Å². The fourth-order valence-electron chi connectivity index (χ4n) is 2.73. The molecule has 0 atom stereocenters. The quantitative estimate of drug-likeness (QED) is 0.917. The van der Waals surface area contributed by atoms with Gasteiger partial charge in [0.25, 0.3) is 5.91 Å². The number of carbonyl (C=O) groups is 1. The highest BCUT2D eigenvalue weighted by Crippen LogP contribution is 2.27. The zero-order valence-corrected chi connectivity index (χ0v) is 14.2. The van der Waals surface area contributed by atoms with Gasteiger partial charge in [0.2, 0.25) is 10.0 Å². The third-order valence-electron chi connectivity index (χ3n) is 3.99. The smallest absolute Gasteiger partial charge is 0.261 e. The Morgan fingerprint density at radius 2 is 2.04 bits per heavy atom. The lowest BCUT2D eigenvalue weighted by Crippen LogP contribution is -2.46. The summed E-state index contributed by atoms with van der Waals surface area (Å²) in [6, 6.07) is 6.28. The van der Waals surface area contributed by atoms with Crippen LogP contribution >= 0.6 is 11.3 Å².